The number of hydrogen-bond acceptors (Lipinski definition) is 7. The summed E-state index contributed by atoms with van der Waals surface area (Å²) >= 11 is 1.10. The molecule has 7 nitrogen and oxygen atoms in total. The third-order valence-electron chi connectivity index (χ3n) is 4.13. The summed E-state index contributed by atoms with van der Waals surface area (Å²) in [5, 5.41) is 6.21. The Morgan fingerprint density at radius 1 is 1.19 bits per heavy atom. The normalized spacial score (nSPS) is 12.5. The van der Waals surface area contributed by atoms with Crippen molar-refractivity contribution < 1.29 is 23.6 Å². The molecule has 1 aromatic heterocycles. The molecule has 2 aromatic rings. The first-order valence-electron chi connectivity index (χ1n) is 8.63. The van der Waals surface area contributed by atoms with E-state index in [1.807, 2.05) is 12.1 Å². The number of carbonyl (C=O) groups excluding carboxylic acids is 3. The molecule has 0 spiro atoms. The summed E-state index contributed by atoms with van der Waals surface area (Å²) in [5.41, 5.74) is 3.06. The number of fused-ring (bicyclic) bond motifs is 1. The molecule has 1 heterocycles. The Labute approximate surface area is 160 Å². The molecule has 8 heteroatoms. The topological polar surface area (TPSA) is 98.5 Å². The number of aryl methyl sites for hydroxylation is 3. The Hall–Kier alpha value is -2.61. The summed E-state index contributed by atoms with van der Waals surface area (Å²) in [6.07, 6.45) is 3.16. The number of esters is 1. The number of carbonyl (C=O) groups is 3. The average molecular weight is 388 g/mol. The van der Waals surface area contributed by atoms with Crippen molar-refractivity contribution in [1.82, 2.24) is 5.16 Å². The molecule has 0 aliphatic heterocycles. The Morgan fingerprint density at radius 3 is 2.78 bits per heavy atom. The largest absolute Gasteiger partial charge is 0.457 e. The minimum atomic E-state index is -0.528. The molecule has 1 aliphatic carbocycles. The number of amides is 1. The highest BCUT2D eigenvalue weighted by molar-refractivity contribution is 8.00. The Balaban J connectivity index is 1.35. The third-order valence-corrected chi connectivity index (χ3v) is 5.04. The van der Waals surface area contributed by atoms with Gasteiger partial charge in [-0.3, -0.25) is 14.4 Å². The van der Waals surface area contributed by atoms with Gasteiger partial charge in [0, 0.05) is 11.6 Å². The van der Waals surface area contributed by atoms with Crippen LogP contribution in [-0.2, 0) is 27.2 Å². The van der Waals surface area contributed by atoms with Crippen LogP contribution in [0.3, 0.4) is 0 Å². The summed E-state index contributed by atoms with van der Waals surface area (Å²) in [4.78, 5) is 35.7. The van der Waals surface area contributed by atoms with Crippen molar-refractivity contribution in [3.05, 3.63) is 46.7 Å². The lowest BCUT2D eigenvalue weighted by atomic mass is 10.0. The maximum absolute atomic E-state index is 12.2. The number of aromatic nitrogens is 1. The first-order chi connectivity index (χ1) is 13.0. The fourth-order valence-electron chi connectivity index (χ4n) is 2.85. The molecule has 3 rings (SSSR count). The second-order valence-electron chi connectivity index (χ2n) is 6.28. The zero-order valence-corrected chi connectivity index (χ0v) is 15.8. The van der Waals surface area contributed by atoms with Crippen molar-refractivity contribution in [2.75, 3.05) is 23.4 Å². The van der Waals surface area contributed by atoms with Crippen LogP contribution in [0.5, 0.6) is 0 Å². The smallest absolute Gasteiger partial charge is 0.316 e. The second-order valence-corrected chi connectivity index (χ2v) is 7.27. The minimum absolute atomic E-state index is 0.0112. The van der Waals surface area contributed by atoms with E-state index in [1.54, 1.807) is 19.1 Å². The van der Waals surface area contributed by atoms with Gasteiger partial charge in [0.15, 0.2) is 18.2 Å². The van der Waals surface area contributed by atoms with Crippen molar-refractivity contribution in [1.29, 1.82) is 0 Å². The maximum atomic E-state index is 12.2. The number of ketones is 1. The van der Waals surface area contributed by atoms with E-state index in [0.717, 1.165) is 31.0 Å². The summed E-state index contributed by atoms with van der Waals surface area (Å²) in [5.74, 6) is -0.0602. The SMILES string of the molecule is Cc1cc(NC(=O)CSCC(=O)OCC(=O)c2ccc3c(c2)CCC3)no1. The standard InChI is InChI=1S/C19H20N2O5S/c1-12-7-17(21-26-12)20-18(23)10-27-11-19(24)25-9-16(22)15-6-5-13-3-2-4-14(13)8-15/h5-8H,2-4,9-11H2,1H3,(H,20,21,23). The Kier molecular flexibility index (Phi) is 6.28. The Morgan fingerprint density at radius 2 is 2.00 bits per heavy atom. The van der Waals surface area contributed by atoms with E-state index in [4.69, 9.17) is 9.26 Å². The summed E-state index contributed by atoms with van der Waals surface area (Å²) < 4.78 is 9.86. The zero-order valence-electron chi connectivity index (χ0n) is 14.9. The molecule has 1 aromatic carbocycles. The molecule has 0 saturated heterocycles. The molecule has 0 saturated carbocycles. The molecule has 0 unspecified atom stereocenters. The van der Waals surface area contributed by atoms with Crippen molar-refractivity contribution in [3.8, 4) is 0 Å². The van der Waals surface area contributed by atoms with Crippen LogP contribution in [0, 0.1) is 6.92 Å². The first kappa shape index (κ1) is 19.2. The molecule has 1 aliphatic rings. The van der Waals surface area contributed by atoms with Gasteiger partial charge in [0.25, 0.3) is 0 Å². The van der Waals surface area contributed by atoms with Gasteiger partial charge in [-0.05, 0) is 43.4 Å². The number of ether oxygens (including phenoxy) is 1. The van der Waals surface area contributed by atoms with Crippen LogP contribution in [0.2, 0.25) is 0 Å². The van der Waals surface area contributed by atoms with E-state index in [2.05, 4.69) is 10.5 Å². The summed E-state index contributed by atoms with van der Waals surface area (Å²) in [6, 6.07) is 7.25. The van der Waals surface area contributed by atoms with Crippen LogP contribution < -0.4 is 5.32 Å². The first-order valence-corrected chi connectivity index (χ1v) is 9.78. The van der Waals surface area contributed by atoms with E-state index in [-0.39, 0.29) is 29.8 Å². The van der Waals surface area contributed by atoms with E-state index < -0.39 is 5.97 Å². The van der Waals surface area contributed by atoms with Gasteiger partial charge in [0.2, 0.25) is 5.91 Å². The van der Waals surface area contributed by atoms with Crippen LogP contribution in [0.25, 0.3) is 0 Å². The lowest BCUT2D eigenvalue weighted by Crippen LogP contribution is -2.18. The molecule has 0 bridgehead atoms. The van der Waals surface area contributed by atoms with Crippen molar-refractivity contribution >= 4 is 35.2 Å². The monoisotopic (exact) mass is 388 g/mol. The van der Waals surface area contributed by atoms with Crippen molar-refractivity contribution in [2.45, 2.75) is 26.2 Å². The quantitative estimate of drug-likeness (QED) is 0.548. The molecule has 1 N–H and O–H groups in total. The van der Waals surface area contributed by atoms with Crippen molar-refractivity contribution in [2.24, 2.45) is 0 Å². The number of anilines is 1. The van der Waals surface area contributed by atoms with E-state index >= 15 is 0 Å². The third kappa shape index (κ3) is 5.43. The molecule has 27 heavy (non-hydrogen) atoms. The van der Waals surface area contributed by atoms with Crippen LogP contribution in [0.1, 0.15) is 33.7 Å². The zero-order chi connectivity index (χ0) is 19.2. The highest BCUT2D eigenvalue weighted by Gasteiger charge is 2.15. The highest BCUT2D eigenvalue weighted by atomic mass is 32.2. The van der Waals surface area contributed by atoms with Gasteiger partial charge in [-0.2, -0.15) is 0 Å². The van der Waals surface area contributed by atoms with Crippen molar-refractivity contribution in [3.63, 3.8) is 0 Å². The number of thioether (sulfide) groups is 1. The van der Waals surface area contributed by atoms with Crippen LogP contribution in [0.4, 0.5) is 5.82 Å². The molecule has 142 valence electrons. The molecular weight excluding hydrogens is 368 g/mol. The maximum Gasteiger partial charge on any atom is 0.316 e. The molecule has 0 atom stereocenters. The van der Waals surface area contributed by atoms with E-state index in [1.165, 1.54) is 11.1 Å². The lowest BCUT2D eigenvalue weighted by Gasteiger charge is -2.06. The number of benzene rings is 1. The van der Waals surface area contributed by atoms with Gasteiger partial charge >= 0.3 is 5.97 Å². The summed E-state index contributed by atoms with van der Waals surface area (Å²) in [6.45, 7) is 1.43. The molecule has 0 fully saturated rings. The van der Waals surface area contributed by atoms with Gasteiger partial charge in [-0.25, -0.2) is 0 Å². The summed E-state index contributed by atoms with van der Waals surface area (Å²) in [7, 11) is 0. The van der Waals surface area contributed by atoms with Gasteiger partial charge in [0.05, 0.1) is 11.5 Å². The number of Topliss-reactive ketones (excluding diaryl/α,β-unsaturated/α-hetero) is 1. The highest BCUT2D eigenvalue weighted by Crippen LogP contribution is 2.23. The van der Waals surface area contributed by atoms with Crippen LogP contribution in [-0.4, -0.2) is 40.9 Å². The molecular formula is C19H20N2O5S. The van der Waals surface area contributed by atoms with Gasteiger partial charge in [-0.15, -0.1) is 11.8 Å². The average Bonchev–Trinajstić information content (AvgIpc) is 3.27. The fraction of sp³-hybridized carbons (Fsp3) is 0.368. The fourth-order valence-corrected chi connectivity index (χ4v) is 3.46. The lowest BCUT2D eigenvalue weighted by molar-refractivity contribution is -0.139. The van der Waals surface area contributed by atoms with Crippen LogP contribution >= 0.6 is 11.8 Å². The minimum Gasteiger partial charge on any atom is -0.457 e. The van der Waals surface area contributed by atoms with Gasteiger partial charge < -0.3 is 14.6 Å². The number of hydrogen-bond donors (Lipinski definition) is 1. The number of nitrogens with zero attached hydrogens (tertiary/aromatic N) is 1. The molecule has 0 radical (unpaired) electrons. The van der Waals surface area contributed by atoms with Crippen LogP contribution in [0.15, 0.2) is 28.8 Å². The van der Waals surface area contributed by atoms with E-state index in [9.17, 15) is 14.4 Å². The van der Waals surface area contributed by atoms with Gasteiger partial charge in [0.1, 0.15) is 5.76 Å². The van der Waals surface area contributed by atoms with E-state index in [0.29, 0.717) is 17.1 Å². The second kappa shape index (κ2) is 8.85. The Bertz CT molecular complexity index is 862. The predicted octanol–water partition coefficient (Wildman–Crippen LogP) is 2.57. The predicted molar refractivity (Wildman–Crippen MR) is 101 cm³/mol. The van der Waals surface area contributed by atoms with Gasteiger partial charge in [-0.1, -0.05) is 17.3 Å². The number of nitrogens with one attached hydrogen (secondary N) is 1. The molecule has 1 amide bonds. The number of rotatable bonds is 8.